The van der Waals surface area contributed by atoms with Crippen molar-refractivity contribution in [1.29, 1.82) is 0 Å². The van der Waals surface area contributed by atoms with Crippen LogP contribution in [-0.4, -0.2) is 24.0 Å². The van der Waals surface area contributed by atoms with E-state index >= 15 is 0 Å². The zero-order valence-electron chi connectivity index (χ0n) is 10.00. The van der Waals surface area contributed by atoms with Crippen molar-refractivity contribution in [2.45, 2.75) is 45.6 Å². The van der Waals surface area contributed by atoms with E-state index in [1.807, 2.05) is 0 Å². The van der Waals surface area contributed by atoms with Crippen LogP contribution in [0.15, 0.2) is 12.2 Å². The molecule has 0 radical (unpaired) electrons. The van der Waals surface area contributed by atoms with E-state index in [-0.39, 0.29) is 18.9 Å². The fraction of sp³-hybridized carbons (Fsp3) is 0.750. The maximum Gasteiger partial charge on any atom is 1.00 e. The first-order valence-corrected chi connectivity index (χ1v) is 5.64. The first kappa shape index (κ1) is 14.2. The van der Waals surface area contributed by atoms with Crippen molar-refractivity contribution in [3.05, 3.63) is 18.6 Å². The van der Waals surface area contributed by atoms with E-state index in [4.69, 9.17) is 0 Å². The normalized spacial score (nSPS) is 18.6. The largest absolute Gasteiger partial charge is 1.00 e. The maximum atomic E-state index is 2.59. The number of hydrogen-bond donors (Lipinski definition) is 0. The molecule has 1 unspecified atom stereocenters. The molecular formula is C12H22LiN. The number of hydrogen-bond acceptors (Lipinski definition) is 1. The van der Waals surface area contributed by atoms with Crippen molar-refractivity contribution in [3.8, 4) is 0 Å². The second-order valence-corrected chi connectivity index (χ2v) is 3.81. The summed E-state index contributed by atoms with van der Waals surface area (Å²) < 4.78 is 0. The van der Waals surface area contributed by atoms with Crippen LogP contribution in [0.25, 0.3) is 0 Å². The molecule has 0 fully saturated rings. The minimum Gasteiger partial charge on any atom is -0.326 e. The van der Waals surface area contributed by atoms with Crippen molar-refractivity contribution in [2.75, 3.05) is 13.1 Å². The molecule has 0 amide bonds. The zero-order valence-corrected chi connectivity index (χ0v) is 10.00. The molecule has 1 aliphatic carbocycles. The summed E-state index contributed by atoms with van der Waals surface area (Å²) in [5.74, 6) is 0. The molecule has 76 valence electrons. The standard InChI is InChI=1S/C12H22N.Li/c1-3-5-10-13(11-6-4-2)12-8-7-9-12;/h7-9,12H,3-6,10-11H2,1-2H3;/q-1;+1. The second kappa shape index (κ2) is 8.47. The quantitative estimate of drug-likeness (QED) is 0.402. The Balaban J connectivity index is 0.00000169. The van der Waals surface area contributed by atoms with Crippen LogP contribution in [0.5, 0.6) is 0 Å². The van der Waals surface area contributed by atoms with Gasteiger partial charge in [-0.1, -0.05) is 32.7 Å². The number of nitrogens with zero attached hydrogens (tertiary/aromatic N) is 1. The molecule has 1 atom stereocenters. The Kier molecular flexibility index (Phi) is 8.58. The first-order valence-electron chi connectivity index (χ1n) is 5.64. The van der Waals surface area contributed by atoms with E-state index in [0.29, 0.717) is 6.04 Å². The Morgan fingerprint density at radius 1 is 1.14 bits per heavy atom. The predicted octanol–water partition coefficient (Wildman–Crippen LogP) is 0.0353. The minimum absolute atomic E-state index is 0. The third-order valence-electron chi connectivity index (χ3n) is 2.64. The third-order valence-corrected chi connectivity index (χ3v) is 2.64. The minimum atomic E-state index is 0. The Morgan fingerprint density at radius 2 is 1.64 bits per heavy atom. The van der Waals surface area contributed by atoms with Gasteiger partial charge in [0.15, 0.2) is 0 Å². The van der Waals surface area contributed by atoms with Crippen LogP contribution in [0.4, 0.5) is 0 Å². The zero-order chi connectivity index (χ0) is 9.52. The van der Waals surface area contributed by atoms with Crippen LogP contribution in [0, 0.1) is 6.42 Å². The molecule has 1 rings (SSSR count). The van der Waals surface area contributed by atoms with E-state index < -0.39 is 0 Å². The van der Waals surface area contributed by atoms with Gasteiger partial charge in [-0.05, 0) is 25.9 Å². The van der Waals surface area contributed by atoms with Gasteiger partial charge in [-0.25, -0.2) is 18.6 Å². The molecule has 0 spiro atoms. The van der Waals surface area contributed by atoms with Gasteiger partial charge in [0.05, 0.1) is 0 Å². The number of unbranched alkanes of at least 4 members (excludes halogenated alkanes) is 2. The summed E-state index contributed by atoms with van der Waals surface area (Å²) in [5, 5.41) is 0. The van der Waals surface area contributed by atoms with Crippen molar-refractivity contribution >= 4 is 0 Å². The van der Waals surface area contributed by atoms with Crippen molar-refractivity contribution < 1.29 is 18.9 Å². The van der Waals surface area contributed by atoms with Gasteiger partial charge in [0, 0.05) is 0 Å². The van der Waals surface area contributed by atoms with Gasteiger partial charge in [-0.15, -0.1) is 0 Å². The fourth-order valence-electron chi connectivity index (χ4n) is 1.59. The van der Waals surface area contributed by atoms with E-state index in [9.17, 15) is 0 Å². The monoisotopic (exact) mass is 187 g/mol. The van der Waals surface area contributed by atoms with Crippen LogP contribution in [0.3, 0.4) is 0 Å². The molecule has 14 heavy (non-hydrogen) atoms. The molecule has 2 heteroatoms. The summed E-state index contributed by atoms with van der Waals surface area (Å²) in [6.07, 6.45) is 12.0. The molecule has 0 bridgehead atoms. The van der Waals surface area contributed by atoms with Gasteiger partial charge in [0.1, 0.15) is 0 Å². The molecule has 1 aliphatic rings. The summed E-state index contributed by atoms with van der Waals surface area (Å²) in [5.41, 5.74) is 0. The molecule has 0 saturated carbocycles. The van der Waals surface area contributed by atoms with Crippen LogP contribution in [0.2, 0.25) is 0 Å². The average Bonchev–Trinajstić information content (AvgIpc) is 2.06. The topological polar surface area (TPSA) is 3.24 Å². The molecule has 0 aliphatic heterocycles. The van der Waals surface area contributed by atoms with Crippen molar-refractivity contribution in [1.82, 2.24) is 4.90 Å². The predicted molar refractivity (Wildman–Crippen MR) is 58.6 cm³/mol. The van der Waals surface area contributed by atoms with E-state index in [0.717, 1.165) is 0 Å². The van der Waals surface area contributed by atoms with Gasteiger partial charge in [0.2, 0.25) is 0 Å². The Bertz CT molecular complexity index is 148. The van der Waals surface area contributed by atoms with Gasteiger partial charge in [-0.2, -0.15) is 0 Å². The fourth-order valence-corrected chi connectivity index (χ4v) is 1.59. The molecule has 0 aromatic carbocycles. The van der Waals surface area contributed by atoms with Crippen LogP contribution >= 0.6 is 0 Å². The molecule has 0 heterocycles. The molecule has 1 nitrogen and oxygen atoms in total. The molecular weight excluding hydrogens is 165 g/mol. The van der Waals surface area contributed by atoms with Gasteiger partial charge in [0.25, 0.3) is 0 Å². The summed E-state index contributed by atoms with van der Waals surface area (Å²) in [4.78, 5) is 2.59. The Hall–Kier alpha value is 0.167. The van der Waals surface area contributed by atoms with Crippen LogP contribution < -0.4 is 18.9 Å². The van der Waals surface area contributed by atoms with Crippen molar-refractivity contribution in [2.24, 2.45) is 0 Å². The summed E-state index contributed by atoms with van der Waals surface area (Å²) >= 11 is 0. The summed E-state index contributed by atoms with van der Waals surface area (Å²) in [7, 11) is 0. The number of rotatable bonds is 7. The van der Waals surface area contributed by atoms with Crippen molar-refractivity contribution in [3.63, 3.8) is 0 Å². The van der Waals surface area contributed by atoms with Gasteiger partial charge >= 0.3 is 18.9 Å². The SMILES string of the molecule is CCCCN(CCCC)C1C=C[CH-]1.[Li+]. The van der Waals surface area contributed by atoms with E-state index in [2.05, 4.69) is 37.3 Å². The average molecular weight is 187 g/mol. The summed E-state index contributed by atoms with van der Waals surface area (Å²) in [6.45, 7) is 7.06. The summed E-state index contributed by atoms with van der Waals surface area (Å²) in [6, 6.07) is 0.651. The molecule has 0 N–H and O–H groups in total. The smallest absolute Gasteiger partial charge is 0.326 e. The molecule has 0 aromatic rings. The second-order valence-electron chi connectivity index (χ2n) is 3.81. The Morgan fingerprint density at radius 3 is 1.93 bits per heavy atom. The Labute approximate surface area is 101 Å². The van der Waals surface area contributed by atoms with Gasteiger partial charge < -0.3 is 4.90 Å². The van der Waals surface area contributed by atoms with Crippen LogP contribution in [-0.2, 0) is 0 Å². The van der Waals surface area contributed by atoms with E-state index in [1.54, 1.807) is 0 Å². The van der Waals surface area contributed by atoms with E-state index in [1.165, 1.54) is 38.8 Å². The van der Waals surface area contributed by atoms with Gasteiger partial charge in [-0.3, -0.25) is 0 Å². The molecule has 0 aromatic heterocycles. The molecule has 0 saturated heterocycles. The first-order chi connectivity index (χ1) is 6.38. The third kappa shape index (κ3) is 4.60. The maximum absolute atomic E-state index is 2.59. The van der Waals surface area contributed by atoms with Crippen LogP contribution in [0.1, 0.15) is 39.5 Å².